The molecule has 0 saturated heterocycles. The number of carboxylic acids is 1. The number of rotatable bonds is 2. The molecule has 0 bridgehead atoms. The first-order chi connectivity index (χ1) is 9.16. The fraction of sp³-hybridized carbons (Fsp3) is 0.429. The molecule has 1 aromatic rings. The van der Waals surface area contributed by atoms with E-state index in [1.165, 1.54) is 4.90 Å². The van der Waals surface area contributed by atoms with E-state index in [0.717, 1.165) is 24.8 Å². The van der Waals surface area contributed by atoms with Crippen LogP contribution >= 0.6 is 0 Å². The van der Waals surface area contributed by atoms with Crippen LogP contribution in [0.2, 0.25) is 0 Å². The average molecular weight is 260 g/mol. The van der Waals surface area contributed by atoms with Crippen molar-refractivity contribution < 1.29 is 14.7 Å². The quantitative estimate of drug-likeness (QED) is 0.851. The summed E-state index contributed by atoms with van der Waals surface area (Å²) in [5, 5.41) is 12.2. The highest BCUT2D eigenvalue weighted by Crippen LogP contribution is 2.32. The number of amides is 2. The minimum absolute atomic E-state index is 0.203. The van der Waals surface area contributed by atoms with Gasteiger partial charge in [-0.2, -0.15) is 0 Å². The van der Waals surface area contributed by atoms with E-state index >= 15 is 0 Å². The average Bonchev–Trinajstić information content (AvgIpc) is 2.73. The fourth-order valence-electron chi connectivity index (χ4n) is 2.63. The summed E-state index contributed by atoms with van der Waals surface area (Å²) in [4.78, 5) is 25.0. The summed E-state index contributed by atoms with van der Waals surface area (Å²) in [6.07, 6.45) is 3.48. The van der Waals surface area contributed by atoms with Crippen molar-refractivity contribution in [2.24, 2.45) is 0 Å². The molecule has 0 aromatic heterocycles. The molecule has 0 radical (unpaired) electrons. The van der Waals surface area contributed by atoms with Gasteiger partial charge in [-0.25, -0.2) is 9.59 Å². The molecule has 1 fully saturated rings. The van der Waals surface area contributed by atoms with Gasteiger partial charge in [0.05, 0.1) is 0 Å². The molecule has 2 N–H and O–H groups in total. The van der Waals surface area contributed by atoms with Crippen molar-refractivity contribution in [1.82, 2.24) is 5.32 Å². The molecule has 2 aliphatic rings. The highest BCUT2D eigenvalue weighted by Gasteiger charge is 2.39. The lowest BCUT2D eigenvalue weighted by atomic mass is 9.93. The van der Waals surface area contributed by atoms with E-state index in [0.29, 0.717) is 12.1 Å². The van der Waals surface area contributed by atoms with E-state index in [1.807, 2.05) is 18.2 Å². The van der Waals surface area contributed by atoms with Crippen LogP contribution in [-0.2, 0) is 11.2 Å². The Morgan fingerprint density at radius 1 is 1.26 bits per heavy atom. The van der Waals surface area contributed by atoms with E-state index < -0.39 is 12.0 Å². The topological polar surface area (TPSA) is 69.6 Å². The summed E-state index contributed by atoms with van der Waals surface area (Å²) in [5.74, 6) is -0.958. The van der Waals surface area contributed by atoms with Gasteiger partial charge in [0.15, 0.2) is 0 Å². The van der Waals surface area contributed by atoms with E-state index in [1.54, 1.807) is 6.07 Å². The number of para-hydroxylation sites is 1. The highest BCUT2D eigenvalue weighted by atomic mass is 16.4. The second kappa shape index (κ2) is 4.57. The Balaban J connectivity index is 1.86. The minimum Gasteiger partial charge on any atom is -0.480 e. The second-order valence-corrected chi connectivity index (χ2v) is 5.13. The number of anilines is 1. The third kappa shape index (κ3) is 2.05. The maximum Gasteiger partial charge on any atom is 0.327 e. The van der Waals surface area contributed by atoms with Crippen molar-refractivity contribution in [3.8, 4) is 0 Å². The maximum atomic E-state index is 12.3. The van der Waals surface area contributed by atoms with E-state index in [4.69, 9.17) is 0 Å². The monoisotopic (exact) mass is 260 g/mol. The Morgan fingerprint density at radius 2 is 2.00 bits per heavy atom. The molecule has 5 nitrogen and oxygen atoms in total. The van der Waals surface area contributed by atoms with Crippen LogP contribution in [-0.4, -0.2) is 29.2 Å². The lowest BCUT2D eigenvalue weighted by molar-refractivity contribution is -0.138. The SMILES string of the molecule is O=C(O)C1Cc2ccccc2N1C(=O)NC1CCC1. The molecule has 3 rings (SSSR count). The van der Waals surface area contributed by atoms with Crippen LogP contribution in [0, 0.1) is 0 Å². The van der Waals surface area contributed by atoms with Crippen LogP contribution in [0.1, 0.15) is 24.8 Å². The summed E-state index contributed by atoms with van der Waals surface area (Å²) >= 11 is 0. The molecule has 5 heteroatoms. The van der Waals surface area contributed by atoms with Gasteiger partial charge >= 0.3 is 12.0 Å². The molecule has 1 aliphatic carbocycles. The number of urea groups is 1. The predicted molar refractivity (Wildman–Crippen MR) is 70.2 cm³/mol. The number of carbonyl (C=O) groups excluding carboxylic acids is 1. The summed E-state index contributed by atoms with van der Waals surface area (Å²) < 4.78 is 0. The zero-order chi connectivity index (χ0) is 13.4. The number of benzene rings is 1. The van der Waals surface area contributed by atoms with Crippen molar-refractivity contribution >= 4 is 17.7 Å². The lowest BCUT2D eigenvalue weighted by Gasteiger charge is -2.30. The van der Waals surface area contributed by atoms with Crippen molar-refractivity contribution in [2.75, 3.05) is 4.90 Å². The number of fused-ring (bicyclic) bond motifs is 1. The van der Waals surface area contributed by atoms with E-state index in [2.05, 4.69) is 5.32 Å². The van der Waals surface area contributed by atoms with Crippen LogP contribution < -0.4 is 10.2 Å². The zero-order valence-corrected chi connectivity index (χ0v) is 10.5. The molecule has 1 unspecified atom stereocenters. The number of nitrogens with zero attached hydrogens (tertiary/aromatic N) is 1. The van der Waals surface area contributed by atoms with Gasteiger partial charge in [0.1, 0.15) is 6.04 Å². The first-order valence-corrected chi connectivity index (χ1v) is 6.57. The molecule has 100 valence electrons. The molecule has 1 heterocycles. The molecular weight excluding hydrogens is 244 g/mol. The Bertz CT molecular complexity index is 525. The van der Waals surface area contributed by atoms with E-state index in [9.17, 15) is 14.7 Å². The Kier molecular flexibility index (Phi) is 2.89. The number of aliphatic carboxylic acids is 1. The smallest absolute Gasteiger partial charge is 0.327 e. The second-order valence-electron chi connectivity index (χ2n) is 5.13. The van der Waals surface area contributed by atoms with Gasteiger partial charge in [0, 0.05) is 18.2 Å². The van der Waals surface area contributed by atoms with Crippen LogP contribution in [0.15, 0.2) is 24.3 Å². The van der Waals surface area contributed by atoms with Gasteiger partial charge in [-0.1, -0.05) is 18.2 Å². The third-order valence-electron chi connectivity index (χ3n) is 3.91. The lowest BCUT2D eigenvalue weighted by Crippen LogP contribution is -2.52. The van der Waals surface area contributed by atoms with E-state index in [-0.39, 0.29) is 12.1 Å². The van der Waals surface area contributed by atoms with Gasteiger partial charge in [0.25, 0.3) is 0 Å². The molecule has 0 spiro atoms. The van der Waals surface area contributed by atoms with Gasteiger partial charge in [-0.3, -0.25) is 4.90 Å². The van der Waals surface area contributed by atoms with Crippen molar-refractivity contribution in [3.63, 3.8) is 0 Å². The van der Waals surface area contributed by atoms with Crippen molar-refractivity contribution in [1.29, 1.82) is 0 Å². The van der Waals surface area contributed by atoms with Crippen LogP contribution in [0.5, 0.6) is 0 Å². The van der Waals surface area contributed by atoms with Crippen LogP contribution in [0.4, 0.5) is 10.5 Å². The summed E-state index contributed by atoms with van der Waals surface area (Å²) in [7, 11) is 0. The molecule has 2 amide bonds. The Hall–Kier alpha value is -2.04. The highest BCUT2D eigenvalue weighted by molar-refractivity contribution is 6.01. The molecule has 1 saturated carbocycles. The summed E-state index contributed by atoms with van der Waals surface area (Å²) in [6.45, 7) is 0. The largest absolute Gasteiger partial charge is 0.480 e. The third-order valence-corrected chi connectivity index (χ3v) is 3.91. The van der Waals surface area contributed by atoms with Gasteiger partial charge in [-0.05, 0) is 30.9 Å². The minimum atomic E-state index is -0.958. The Labute approximate surface area is 111 Å². The van der Waals surface area contributed by atoms with Crippen molar-refractivity contribution in [2.45, 2.75) is 37.8 Å². The number of hydrogen-bond acceptors (Lipinski definition) is 2. The van der Waals surface area contributed by atoms with Crippen molar-refractivity contribution in [3.05, 3.63) is 29.8 Å². The Morgan fingerprint density at radius 3 is 2.63 bits per heavy atom. The molecule has 1 atom stereocenters. The standard InChI is InChI=1S/C14H16N2O3/c17-13(18)12-8-9-4-1-2-7-11(9)16(12)14(19)15-10-5-3-6-10/h1-2,4,7,10,12H,3,5-6,8H2,(H,15,19)(H,17,18). The number of hydrogen-bond donors (Lipinski definition) is 2. The number of carbonyl (C=O) groups is 2. The molecular formula is C14H16N2O3. The number of nitrogens with one attached hydrogen (secondary N) is 1. The summed E-state index contributed by atoms with van der Waals surface area (Å²) in [6, 6.07) is 6.49. The van der Waals surface area contributed by atoms with Gasteiger partial charge in [-0.15, -0.1) is 0 Å². The molecule has 1 aromatic carbocycles. The van der Waals surface area contributed by atoms with Gasteiger partial charge in [0.2, 0.25) is 0 Å². The van der Waals surface area contributed by atoms with Crippen LogP contribution in [0.25, 0.3) is 0 Å². The first kappa shape index (κ1) is 12.0. The summed E-state index contributed by atoms with van der Waals surface area (Å²) in [5.41, 5.74) is 1.63. The zero-order valence-electron chi connectivity index (χ0n) is 10.5. The molecule has 1 aliphatic heterocycles. The normalized spacial score (nSPS) is 21.7. The maximum absolute atomic E-state index is 12.3. The van der Waals surface area contributed by atoms with Crippen LogP contribution in [0.3, 0.4) is 0 Å². The predicted octanol–water partition coefficient (Wildman–Crippen LogP) is 1.76. The van der Waals surface area contributed by atoms with Gasteiger partial charge < -0.3 is 10.4 Å². The molecule has 19 heavy (non-hydrogen) atoms. The number of carboxylic acid groups (broad SMARTS) is 1. The first-order valence-electron chi connectivity index (χ1n) is 6.57. The fourth-order valence-corrected chi connectivity index (χ4v) is 2.63.